The van der Waals surface area contributed by atoms with Gasteiger partial charge in [-0.1, -0.05) is 24.3 Å². The average Bonchev–Trinajstić information content (AvgIpc) is 2.77. The van der Waals surface area contributed by atoms with Crippen LogP contribution in [0.3, 0.4) is 0 Å². The lowest BCUT2D eigenvalue weighted by Gasteiger charge is -2.11. The molecule has 0 saturated carbocycles. The maximum absolute atomic E-state index is 12.3. The molecule has 1 heterocycles. The molecule has 88 valence electrons. The van der Waals surface area contributed by atoms with Gasteiger partial charge in [0.2, 0.25) is 0 Å². The molecular weight excluding hydrogens is 238 g/mol. The van der Waals surface area contributed by atoms with Crippen molar-refractivity contribution in [1.82, 2.24) is 0 Å². The van der Waals surface area contributed by atoms with Gasteiger partial charge in [0.1, 0.15) is 0 Å². The molecule has 0 aliphatic carbocycles. The van der Waals surface area contributed by atoms with Gasteiger partial charge in [-0.2, -0.15) is 0 Å². The molecule has 2 nitrogen and oxygen atoms in total. The quantitative estimate of drug-likeness (QED) is 0.765. The van der Waals surface area contributed by atoms with Crippen molar-refractivity contribution in [2.45, 2.75) is 18.8 Å². The lowest BCUT2D eigenvalue weighted by atomic mass is 10.1. The first-order valence-electron chi connectivity index (χ1n) is 4.91. The predicted molar refractivity (Wildman–Crippen MR) is 55.7 cm³/mol. The van der Waals surface area contributed by atoms with E-state index in [-0.39, 0.29) is 11.7 Å². The molecule has 0 aromatic heterocycles. The third-order valence-corrected chi connectivity index (χ3v) is 2.73. The number of hydrogen-bond donors (Lipinski definition) is 0. The summed E-state index contributed by atoms with van der Waals surface area (Å²) in [5, 5.41) is 0. The summed E-state index contributed by atoms with van der Waals surface area (Å²) < 4.78 is 35.4. The van der Waals surface area contributed by atoms with Gasteiger partial charge in [0, 0.05) is 11.1 Å². The van der Waals surface area contributed by atoms with E-state index in [4.69, 9.17) is 21.1 Å². The van der Waals surface area contributed by atoms with E-state index < -0.39 is 12.7 Å². The van der Waals surface area contributed by atoms with Gasteiger partial charge in [-0.25, -0.2) is 8.78 Å². The Morgan fingerprint density at radius 1 is 1.31 bits per heavy atom. The Bertz CT molecular complexity index is 342. The van der Waals surface area contributed by atoms with Crippen molar-refractivity contribution < 1.29 is 18.3 Å². The molecule has 1 aromatic carbocycles. The normalized spacial score (nSPS) is 25.2. The topological polar surface area (TPSA) is 18.5 Å². The third kappa shape index (κ3) is 2.51. The van der Waals surface area contributed by atoms with Crippen molar-refractivity contribution in [3.8, 4) is 0 Å². The van der Waals surface area contributed by atoms with Crippen LogP contribution >= 0.6 is 11.6 Å². The number of ether oxygens (including phenoxy) is 2. The summed E-state index contributed by atoms with van der Waals surface area (Å²) in [6.07, 6.45) is -3.06. The number of halogens is 3. The van der Waals surface area contributed by atoms with Crippen molar-refractivity contribution in [3.63, 3.8) is 0 Å². The fourth-order valence-corrected chi connectivity index (χ4v) is 1.66. The molecule has 0 N–H and O–H groups in total. The van der Waals surface area contributed by atoms with Gasteiger partial charge in [0.05, 0.1) is 18.6 Å². The van der Waals surface area contributed by atoms with Crippen LogP contribution in [-0.2, 0) is 9.47 Å². The SMILES string of the molecule is FC(F)c1ccc(C2OCC(CCl)O2)cc1. The van der Waals surface area contributed by atoms with Gasteiger partial charge >= 0.3 is 0 Å². The van der Waals surface area contributed by atoms with E-state index in [2.05, 4.69) is 0 Å². The van der Waals surface area contributed by atoms with E-state index in [0.29, 0.717) is 12.5 Å². The molecule has 2 atom stereocenters. The van der Waals surface area contributed by atoms with Crippen LogP contribution in [0.2, 0.25) is 0 Å². The van der Waals surface area contributed by atoms with Crippen molar-refractivity contribution in [2.24, 2.45) is 0 Å². The molecule has 1 fully saturated rings. The highest BCUT2D eigenvalue weighted by Gasteiger charge is 2.26. The second-order valence-electron chi connectivity index (χ2n) is 3.55. The Balaban J connectivity index is 2.05. The van der Waals surface area contributed by atoms with E-state index in [9.17, 15) is 8.78 Å². The van der Waals surface area contributed by atoms with Crippen LogP contribution in [0.5, 0.6) is 0 Å². The van der Waals surface area contributed by atoms with Crippen LogP contribution in [0, 0.1) is 0 Å². The standard InChI is InChI=1S/C11H11ClF2O2/c12-5-9-6-15-11(16-9)8-3-1-7(2-4-8)10(13)14/h1-4,9-11H,5-6H2. The highest BCUT2D eigenvalue weighted by atomic mass is 35.5. The molecule has 0 amide bonds. The molecule has 0 spiro atoms. The fraction of sp³-hybridized carbons (Fsp3) is 0.455. The minimum Gasteiger partial charge on any atom is -0.346 e. The smallest absolute Gasteiger partial charge is 0.263 e. The Labute approximate surface area is 97.1 Å². The highest BCUT2D eigenvalue weighted by molar-refractivity contribution is 6.18. The van der Waals surface area contributed by atoms with E-state index in [1.54, 1.807) is 12.1 Å². The van der Waals surface area contributed by atoms with E-state index >= 15 is 0 Å². The molecule has 0 radical (unpaired) electrons. The minimum atomic E-state index is -2.45. The Morgan fingerprint density at radius 3 is 2.50 bits per heavy atom. The first-order valence-corrected chi connectivity index (χ1v) is 5.45. The molecule has 16 heavy (non-hydrogen) atoms. The van der Waals surface area contributed by atoms with Crippen molar-refractivity contribution >= 4 is 11.6 Å². The highest BCUT2D eigenvalue weighted by Crippen LogP contribution is 2.28. The maximum Gasteiger partial charge on any atom is 0.263 e. The molecule has 1 aromatic rings. The van der Waals surface area contributed by atoms with E-state index in [1.165, 1.54) is 12.1 Å². The van der Waals surface area contributed by atoms with Crippen LogP contribution in [0.25, 0.3) is 0 Å². The zero-order valence-electron chi connectivity index (χ0n) is 8.41. The Hall–Kier alpha value is -0.710. The van der Waals surface area contributed by atoms with Crippen LogP contribution in [0.1, 0.15) is 23.8 Å². The zero-order valence-corrected chi connectivity index (χ0v) is 9.16. The summed E-state index contributed by atoms with van der Waals surface area (Å²) in [5.41, 5.74) is 0.729. The number of hydrogen-bond acceptors (Lipinski definition) is 2. The summed E-state index contributed by atoms with van der Waals surface area (Å²) in [4.78, 5) is 0. The third-order valence-electron chi connectivity index (χ3n) is 2.38. The summed E-state index contributed by atoms with van der Waals surface area (Å²) in [5.74, 6) is 0.367. The van der Waals surface area contributed by atoms with Gasteiger partial charge < -0.3 is 9.47 Å². The summed E-state index contributed by atoms with van der Waals surface area (Å²) >= 11 is 5.62. The van der Waals surface area contributed by atoms with Crippen molar-refractivity contribution in [3.05, 3.63) is 35.4 Å². The lowest BCUT2D eigenvalue weighted by Crippen LogP contribution is -2.10. The van der Waals surface area contributed by atoms with E-state index in [0.717, 1.165) is 5.56 Å². The van der Waals surface area contributed by atoms with Crippen LogP contribution in [0.15, 0.2) is 24.3 Å². The molecule has 1 aliphatic rings. The molecule has 1 aliphatic heterocycles. The predicted octanol–water partition coefficient (Wildman–Crippen LogP) is 3.28. The summed E-state index contributed by atoms with van der Waals surface area (Å²) in [6, 6.07) is 5.92. The number of alkyl halides is 3. The maximum atomic E-state index is 12.3. The summed E-state index contributed by atoms with van der Waals surface area (Å²) in [7, 11) is 0. The molecule has 2 unspecified atom stereocenters. The monoisotopic (exact) mass is 248 g/mol. The van der Waals surface area contributed by atoms with Crippen molar-refractivity contribution in [1.29, 1.82) is 0 Å². The largest absolute Gasteiger partial charge is 0.346 e. The second kappa shape index (κ2) is 5.08. The molecule has 1 saturated heterocycles. The fourth-order valence-electron chi connectivity index (χ4n) is 1.50. The van der Waals surface area contributed by atoms with Gasteiger partial charge in [-0.3, -0.25) is 0 Å². The van der Waals surface area contributed by atoms with Gasteiger partial charge in [0.15, 0.2) is 6.29 Å². The van der Waals surface area contributed by atoms with Crippen molar-refractivity contribution in [2.75, 3.05) is 12.5 Å². The molecule has 2 rings (SSSR count). The summed E-state index contributed by atoms with van der Waals surface area (Å²) in [6.45, 7) is 0.435. The number of benzene rings is 1. The van der Waals surface area contributed by atoms with Gasteiger partial charge in [0.25, 0.3) is 6.43 Å². The van der Waals surface area contributed by atoms with Crippen LogP contribution in [0.4, 0.5) is 8.78 Å². The van der Waals surface area contributed by atoms with E-state index in [1.807, 2.05) is 0 Å². The number of rotatable bonds is 3. The first-order chi connectivity index (χ1) is 7.70. The van der Waals surface area contributed by atoms with Gasteiger partial charge in [-0.15, -0.1) is 11.6 Å². The molecule has 5 heteroatoms. The van der Waals surface area contributed by atoms with Crippen LogP contribution < -0.4 is 0 Å². The minimum absolute atomic E-state index is 0.00404. The zero-order chi connectivity index (χ0) is 11.5. The lowest BCUT2D eigenvalue weighted by molar-refractivity contribution is -0.0567. The molecule has 0 bridgehead atoms. The second-order valence-corrected chi connectivity index (χ2v) is 3.85. The first kappa shape index (κ1) is 11.8. The Morgan fingerprint density at radius 2 is 2.00 bits per heavy atom. The van der Waals surface area contributed by atoms with Gasteiger partial charge in [-0.05, 0) is 0 Å². The Kier molecular flexibility index (Phi) is 3.74. The average molecular weight is 249 g/mol. The molecular formula is C11H11ClF2O2. The van der Waals surface area contributed by atoms with Crippen LogP contribution in [-0.4, -0.2) is 18.6 Å².